The maximum absolute atomic E-state index is 12.4. The van der Waals surface area contributed by atoms with E-state index in [1.54, 1.807) is 13.3 Å². The second kappa shape index (κ2) is 6.80. The number of ether oxygens (including phenoxy) is 1. The van der Waals surface area contributed by atoms with Gasteiger partial charge in [0.25, 0.3) is 5.91 Å². The fourth-order valence-corrected chi connectivity index (χ4v) is 3.18. The predicted octanol–water partition coefficient (Wildman–Crippen LogP) is 2.52. The van der Waals surface area contributed by atoms with Gasteiger partial charge in [0.15, 0.2) is 5.69 Å². The second-order valence-electron chi connectivity index (χ2n) is 5.07. The van der Waals surface area contributed by atoms with Crippen LogP contribution in [0.3, 0.4) is 0 Å². The average Bonchev–Trinajstić information content (AvgIpc) is 2.99. The van der Waals surface area contributed by atoms with Crippen LogP contribution in [-0.4, -0.2) is 40.6 Å². The number of benzene rings is 1. The molecule has 0 saturated carbocycles. The standard InChI is InChI=1S/C16H16N4O2S/c1-10(9-22-2)19-15(21)13-14(18-8-7-17-13)16-20-11-5-3-4-6-12(11)23-16/h3-8,10H,9H2,1-2H3,(H,19,21)/t10-/m0/s1. The highest BCUT2D eigenvalue weighted by Gasteiger charge is 2.19. The van der Waals surface area contributed by atoms with Gasteiger partial charge in [0.1, 0.15) is 10.7 Å². The van der Waals surface area contributed by atoms with Crippen molar-refractivity contribution in [2.45, 2.75) is 13.0 Å². The van der Waals surface area contributed by atoms with E-state index in [9.17, 15) is 4.79 Å². The zero-order valence-corrected chi connectivity index (χ0v) is 13.6. The van der Waals surface area contributed by atoms with Crippen molar-refractivity contribution < 1.29 is 9.53 Å². The molecule has 3 rings (SSSR count). The van der Waals surface area contributed by atoms with Crippen LogP contribution in [-0.2, 0) is 4.74 Å². The minimum absolute atomic E-state index is 0.113. The zero-order valence-electron chi connectivity index (χ0n) is 12.8. The van der Waals surface area contributed by atoms with Gasteiger partial charge in [-0.25, -0.2) is 15.0 Å². The minimum Gasteiger partial charge on any atom is -0.383 e. The molecule has 2 heterocycles. The van der Waals surface area contributed by atoms with Gasteiger partial charge in [-0.15, -0.1) is 11.3 Å². The maximum atomic E-state index is 12.4. The van der Waals surface area contributed by atoms with Gasteiger partial charge in [-0.3, -0.25) is 4.79 Å². The number of para-hydroxylation sites is 1. The lowest BCUT2D eigenvalue weighted by atomic mass is 10.2. The van der Waals surface area contributed by atoms with E-state index in [-0.39, 0.29) is 17.6 Å². The number of fused-ring (bicyclic) bond motifs is 1. The topological polar surface area (TPSA) is 77.0 Å². The van der Waals surface area contributed by atoms with Gasteiger partial charge >= 0.3 is 0 Å². The van der Waals surface area contributed by atoms with Crippen LogP contribution in [0.25, 0.3) is 20.9 Å². The van der Waals surface area contributed by atoms with Crippen LogP contribution < -0.4 is 5.32 Å². The summed E-state index contributed by atoms with van der Waals surface area (Å²) < 4.78 is 6.08. The van der Waals surface area contributed by atoms with E-state index in [0.717, 1.165) is 10.2 Å². The normalized spacial score (nSPS) is 12.3. The molecule has 0 aliphatic rings. The van der Waals surface area contributed by atoms with Crippen molar-refractivity contribution in [2.24, 2.45) is 0 Å². The van der Waals surface area contributed by atoms with Gasteiger partial charge in [0, 0.05) is 25.5 Å². The first-order chi connectivity index (χ1) is 11.2. The van der Waals surface area contributed by atoms with Crippen molar-refractivity contribution in [1.29, 1.82) is 0 Å². The Bertz CT molecular complexity index is 801. The number of hydrogen-bond donors (Lipinski definition) is 1. The summed E-state index contributed by atoms with van der Waals surface area (Å²) in [6.45, 7) is 2.30. The van der Waals surface area contributed by atoms with E-state index in [1.165, 1.54) is 17.5 Å². The molecule has 0 radical (unpaired) electrons. The molecule has 0 spiro atoms. The van der Waals surface area contributed by atoms with Gasteiger partial charge in [0.2, 0.25) is 0 Å². The number of nitrogens with one attached hydrogen (secondary N) is 1. The highest BCUT2D eigenvalue weighted by molar-refractivity contribution is 7.21. The van der Waals surface area contributed by atoms with Crippen LogP contribution in [0.4, 0.5) is 0 Å². The van der Waals surface area contributed by atoms with Crippen molar-refractivity contribution in [1.82, 2.24) is 20.3 Å². The molecule has 1 aromatic carbocycles. The third-order valence-electron chi connectivity index (χ3n) is 3.20. The SMILES string of the molecule is COC[C@H](C)NC(=O)c1nccnc1-c1nc2ccccc2s1. The van der Waals surface area contributed by atoms with Gasteiger partial charge in [-0.1, -0.05) is 12.1 Å². The molecule has 1 amide bonds. The van der Waals surface area contributed by atoms with Crippen LogP contribution in [0, 0.1) is 0 Å². The first-order valence-electron chi connectivity index (χ1n) is 7.16. The molecular weight excluding hydrogens is 312 g/mol. The van der Waals surface area contributed by atoms with E-state index >= 15 is 0 Å². The predicted molar refractivity (Wildman–Crippen MR) is 89.5 cm³/mol. The van der Waals surface area contributed by atoms with Crippen molar-refractivity contribution in [3.05, 3.63) is 42.4 Å². The number of carbonyl (C=O) groups excluding carboxylic acids is 1. The van der Waals surface area contributed by atoms with Crippen molar-refractivity contribution in [3.63, 3.8) is 0 Å². The van der Waals surface area contributed by atoms with Crippen molar-refractivity contribution in [2.75, 3.05) is 13.7 Å². The highest BCUT2D eigenvalue weighted by Crippen LogP contribution is 2.29. The van der Waals surface area contributed by atoms with Gasteiger partial charge < -0.3 is 10.1 Å². The summed E-state index contributed by atoms with van der Waals surface area (Å²) in [5.41, 5.74) is 1.66. The molecule has 1 atom stereocenters. The lowest BCUT2D eigenvalue weighted by molar-refractivity contribution is 0.0901. The van der Waals surface area contributed by atoms with Crippen molar-refractivity contribution in [3.8, 4) is 10.7 Å². The number of carbonyl (C=O) groups is 1. The minimum atomic E-state index is -0.281. The summed E-state index contributed by atoms with van der Waals surface area (Å²) in [5.74, 6) is -0.281. The molecule has 0 bridgehead atoms. The summed E-state index contributed by atoms with van der Waals surface area (Å²) in [5, 5.41) is 3.54. The van der Waals surface area contributed by atoms with Crippen LogP contribution in [0.15, 0.2) is 36.7 Å². The van der Waals surface area contributed by atoms with Crippen LogP contribution >= 0.6 is 11.3 Å². The Labute approximate surface area is 137 Å². The molecule has 7 heteroatoms. The monoisotopic (exact) mass is 328 g/mol. The van der Waals surface area contributed by atoms with Crippen LogP contribution in [0.5, 0.6) is 0 Å². The largest absolute Gasteiger partial charge is 0.383 e. The molecule has 1 N–H and O–H groups in total. The molecule has 0 aliphatic carbocycles. The van der Waals surface area contributed by atoms with E-state index in [4.69, 9.17) is 4.74 Å². The third-order valence-corrected chi connectivity index (χ3v) is 4.25. The summed E-state index contributed by atoms with van der Waals surface area (Å²) >= 11 is 1.49. The van der Waals surface area contributed by atoms with E-state index < -0.39 is 0 Å². The quantitative estimate of drug-likeness (QED) is 0.779. The van der Waals surface area contributed by atoms with Gasteiger partial charge in [-0.2, -0.15) is 0 Å². The maximum Gasteiger partial charge on any atom is 0.272 e. The molecule has 3 aromatic rings. The van der Waals surface area contributed by atoms with Crippen LogP contribution in [0.2, 0.25) is 0 Å². The van der Waals surface area contributed by atoms with Gasteiger partial charge in [-0.05, 0) is 19.1 Å². The molecule has 118 valence electrons. The fourth-order valence-electron chi connectivity index (χ4n) is 2.22. The van der Waals surface area contributed by atoms with E-state index in [0.29, 0.717) is 17.3 Å². The third kappa shape index (κ3) is 3.35. The smallest absolute Gasteiger partial charge is 0.272 e. The molecule has 0 fully saturated rings. The first kappa shape index (κ1) is 15.5. The lowest BCUT2D eigenvalue weighted by Gasteiger charge is -2.13. The number of rotatable bonds is 5. The number of amides is 1. The average molecular weight is 328 g/mol. The molecule has 2 aromatic heterocycles. The molecular formula is C16H16N4O2S. The fraction of sp³-hybridized carbons (Fsp3) is 0.250. The second-order valence-corrected chi connectivity index (χ2v) is 6.10. The van der Waals surface area contributed by atoms with E-state index in [1.807, 2.05) is 31.2 Å². The Balaban J connectivity index is 1.95. The van der Waals surface area contributed by atoms with Gasteiger partial charge in [0.05, 0.1) is 16.8 Å². The Morgan fingerprint density at radius 1 is 1.30 bits per heavy atom. The molecule has 0 saturated heterocycles. The number of nitrogens with zero attached hydrogens (tertiary/aromatic N) is 3. The Kier molecular flexibility index (Phi) is 4.59. The molecule has 23 heavy (non-hydrogen) atoms. The summed E-state index contributed by atoms with van der Waals surface area (Å²) in [6, 6.07) is 7.71. The Morgan fingerprint density at radius 3 is 2.87 bits per heavy atom. The number of thiazole rings is 1. The highest BCUT2D eigenvalue weighted by atomic mass is 32.1. The van der Waals surface area contributed by atoms with Crippen LogP contribution in [0.1, 0.15) is 17.4 Å². The summed E-state index contributed by atoms with van der Waals surface area (Å²) in [7, 11) is 1.59. The Hall–Kier alpha value is -2.38. The zero-order chi connectivity index (χ0) is 16.2. The van der Waals surface area contributed by atoms with Crippen molar-refractivity contribution >= 4 is 27.5 Å². The lowest BCUT2D eigenvalue weighted by Crippen LogP contribution is -2.36. The molecule has 0 unspecified atom stereocenters. The molecule has 6 nitrogen and oxygen atoms in total. The number of methoxy groups -OCH3 is 1. The number of aromatic nitrogens is 3. The number of hydrogen-bond acceptors (Lipinski definition) is 6. The van der Waals surface area contributed by atoms with E-state index in [2.05, 4.69) is 20.3 Å². The molecule has 0 aliphatic heterocycles. The summed E-state index contributed by atoms with van der Waals surface area (Å²) in [4.78, 5) is 25.5. The first-order valence-corrected chi connectivity index (χ1v) is 7.97. The Morgan fingerprint density at radius 2 is 2.09 bits per heavy atom. The summed E-state index contributed by atoms with van der Waals surface area (Å²) in [6.07, 6.45) is 3.07.